The Balaban J connectivity index is 1.61. The molecule has 8 nitrogen and oxygen atoms in total. The van der Waals surface area contributed by atoms with Gasteiger partial charge in [0.1, 0.15) is 0 Å². The molecule has 11 heteroatoms. The van der Waals surface area contributed by atoms with Crippen molar-refractivity contribution in [3.8, 4) is 0 Å². The molecule has 0 saturated carbocycles. The highest BCUT2D eigenvalue weighted by molar-refractivity contribution is 7.92. The Morgan fingerprint density at radius 1 is 1.14 bits per heavy atom. The summed E-state index contributed by atoms with van der Waals surface area (Å²) in [4.78, 5) is 29.2. The summed E-state index contributed by atoms with van der Waals surface area (Å²) in [5.74, 6) is -0.545. The molecule has 0 fully saturated rings. The van der Waals surface area contributed by atoms with E-state index in [0.717, 1.165) is 11.8 Å². The molecule has 0 aliphatic carbocycles. The molecule has 0 saturated heterocycles. The van der Waals surface area contributed by atoms with Gasteiger partial charge < -0.3 is 5.32 Å². The number of carbonyl (C=O) groups is 2. The van der Waals surface area contributed by atoms with Crippen LogP contribution in [-0.2, 0) is 21.2 Å². The highest BCUT2D eigenvalue weighted by Crippen LogP contribution is 2.22. The van der Waals surface area contributed by atoms with Gasteiger partial charge in [-0.3, -0.25) is 19.6 Å². The van der Waals surface area contributed by atoms with E-state index in [1.54, 1.807) is 42.6 Å². The fraction of sp³-hybridized carbons (Fsp3) is 0.167. The minimum atomic E-state index is -3.42. The third-order valence-electron chi connectivity index (χ3n) is 3.68. The minimum absolute atomic E-state index is 0.0219. The zero-order valence-corrected chi connectivity index (χ0v) is 18.0. The van der Waals surface area contributed by atoms with Crippen LogP contribution in [0.4, 0.5) is 16.5 Å². The maximum Gasteiger partial charge on any atom is 0.267 e. The van der Waals surface area contributed by atoms with Crippen molar-refractivity contribution >= 4 is 61.0 Å². The van der Waals surface area contributed by atoms with E-state index in [1.807, 2.05) is 5.38 Å². The van der Waals surface area contributed by atoms with E-state index in [-0.39, 0.29) is 18.2 Å². The van der Waals surface area contributed by atoms with E-state index >= 15 is 0 Å². The lowest BCUT2D eigenvalue weighted by molar-refractivity contribution is -0.115. The molecule has 0 aliphatic heterocycles. The van der Waals surface area contributed by atoms with E-state index in [2.05, 4.69) is 20.3 Å². The Bertz CT molecular complexity index is 1140. The van der Waals surface area contributed by atoms with Crippen molar-refractivity contribution in [1.82, 2.24) is 4.98 Å². The Hall–Kier alpha value is -2.76. The Morgan fingerprint density at radius 2 is 1.93 bits per heavy atom. The second-order valence-corrected chi connectivity index (χ2v) is 9.76. The van der Waals surface area contributed by atoms with Gasteiger partial charge >= 0.3 is 0 Å². The number of thiazole rings is 1. The summed E-state index contributed by atoms with van der Waals surface area (Å²) in [6, 6.07) is 8.47. The first kappa shape index (κ1) is 21.0. The monoisotopic (exact) mass is 450 g/mol. The Labute approximate surface area is 176 Å². The zero-order chi connectivity index (χ0) is 21.0. The summed E-state index contributed by atoms with van der Waals surface area (Å²) >= 11 is 2.57. The van der Waals surface area contributed by atoms with Crippen molar-refractivity contribution in [2.45, 2.75) is 13.3 Å². The lowest BCUT2D eigenvalue weighted by Gasteiger charge is -2.11. The van der Waals surface area contributed by atoms with Crippen LogP contribution in [-0.4, -0.2) is 31.5 Å². The maximum atomic E-state index is 12.3. The standard InChI is InChI=1S/C18H18N4O4S3/c1-11-5-6-12(8-14(11)22-29(2,25)26)19-16(23)9-13-10-28-18(20-13)21-17(24)15-4-3-7-27-15/h3-8,10,22H,9H2,1-2H3,(H,19,23)(H,20,21,24). The van der Waals surface area contributed by atoms with E-state index in [0.29, 0.717) is 27.1 Å². The van der Waals surface area contributed by atoms with Gasteiger partial charge in [0.25, 0.3) is 5.91 Å². The quantitative estimate of drug-likeness (QED) is 0.510. The Morgan fingerprint density at radius 3 is 2.62 bits per heavy atom. The predicted molar refractivity (Wildman–Crippen MR) is 116 cm³/mol. The molecule has 2 amide bonds. The molecule has 152 valence electrons. The van der Waals surface area contributed by atoms with Crippen LogP contribution < -0.4 is 15.4 Å². The number of hydrogen-bond acceptors (Lipinski definition) is 7. The molecule has 1 aromatic carbocycles. The number of anilines is 3. The van der Waals surface area contributed by atoms with Crippen LogP contribution in [0.1, 0.15) is 20.9 Å². The minimum Gasteiger partial charge on any atom is -0.326 e. The highest BCUT2D eigenvalue weighted by atomic mass is 32.2. The van der Waals surface area contributed by atoms with Gasteiger partial charge in [0.2, 0.25) is 15.9 Å². The van der Waals surface area contributed by atoms with Gasteiger partial charge in [0.15, 0.2) is 5.13 Å². The highest BCUT2D eigenvalue weighted by Gasteiger charge is 2.13. The summed E-state index contributed by atoms with van der Waals surface area (Å²) in [6.45, 7) is 1.76. The summed E-state index contributed by atoms with van der Waals surface area (Å²) in [6.07, 6.45) is 1.09. The van der Waals surface area contributed by atoms with Crippen molar-refractivity contribution in [2.75, 3.05) is 21.6 Å². The van der Waals surface area contributed by atoms with E-state index in [9.17, 15) is 18.0 Å². The van der Waals surface area contributed by atoms with Gasteiger partial charge in [-0.1, -0.05) is 12.1 Å². The molecule has 3 N–H and O–H groups in total. The predicted octanol–water partition coefficient (Wildman–Crippen LogP) is 3.32. The average Bonchev–Trinajstić information content (AvgIpc) is 3.28. The van der Waals surface area contributed by atoms with Crippen LogP contribution in [0, 0.1) is 6.92 Å². The van der Waals surface area contributed by atoms with Crippen LogP contribution in [0.15, 0.2) is 41.1 Å². The van der Waals surface area contributed by atoms with Crippen molar-refractivity contribution in [3.05, 3.63) is 57.2 Å². The molecule has 0 atom stereocenters. The lowest BCUT2D eigenvalue weighted by Crippen LogP contribution is -2.16. The molecule has 3 rings (SSSR count). The average molecular weight is 451 g/mol. The first-order valence-electron chi connectivity index (χ1n) is 8.37. The number of benzene rings is 1. The summed E-state index contributed by atoms with van der Waals surface area (Å²) in [5, 5.41) is 9.36. The number of hydrogen-bond donors (Lipinski definition) is 3. The van der Waals surface area contributed by atoms with E-state index < -0.39 is 10.0 Å². The van der Waals surface area contributed by atoms with Crippen LogP contribution in [0.3, 0.4) is 0 Å². The van der Waals surface area contributed by atoms with Gasteiger partial charge in [0.05, 0.1) is 28.9 Å². The number of sulfonamides is 1. The number of rotatable bonds is 7. The van der Waals surface area contributed by atoms with Crippen LogP contribution >= 0.6 is 22.7 Å². The third-order valence-corrected chi connectivity index (χ3v) is 5.94. The van der Waals surface area contributed by atoms with Crippen molar-refractivity contribution in [1.29, 1.82) is 0 Å². The topological polar surface area (TPSA) is 117 Å². The molecule has 0 bridgehead atoms. The molecule has 0 radical (unpaired) electrons. The van der Waals surface area contributed by atoms with Gasteiger partial charge in [-0.25, -0.2) is 13.4 Å². The molecule has 0 unspecified atom stereocenters. The van der Waals surface area contributed by atoms with Gasteiger partial charge in [-0.05, 0) is 36.1 Å². The van der Waals surface area contributed by atoms with E-state index in [4.69, 9.17) is 0 Å². The molecule has 2 heterocycles. The molecular weight excluding hydrogens is 432 g/mol. The summed E-state index contributed by atoms with van der Waals surface area (Å²) < 4.78 is 25.3. The van der Waals surface area contributed by atoms with Crippen LogP contribution in [0.2, 0.25) is 0 Å². The molecule has 3 aromatic rings. The fourth-order valence-corrected chi connectivity index (χ4v) is 4.33. The summed E-state index contributed by atoms with van der Waals surface area (Å²) in [7, 11) is -3.42. The van der Waals surface area contributed by atoms with Crippen molar-refractivity contribution < 1.29 is 18.0 Å². The van der Waals surface area contributed by atoms with Gasteiger partial charge in [-0.15, -0.1) is 22.7 Å². The molecule has 2 aromatic heterocycles. The number of nitrogens with one attached hydrogen (secondary N) is 3. The van der Waals surface area contributed by atoms with E-state index in [1.165, 1.54) is 22.7 Å². The largest absolute Gasteiger partial charge is 0.326 e. The number of nitrogens with zero attached hydrogens (tertiary/aromatic N) is 1. The number of thiophene rings is 1. The zero-order valence-electron chi connectivity index (χ0n) is 15.6. The molecular formula is C18H18N4O4S3. The fourth-order valence-electron chi connectivity index (χ4n) is 2.39. The normalized spacial score (nSPS) is 11.1. The lowest BCUT2D eigenvalue weighted by atomic mass is 10.2. The molecule has 0 spiro atoms. The SMILES string of the molecule is Cc1ccc(NC(=O)Cc2csc(NC(=O)c3cccs3)n2)cc1NS(C)(=O)=O. The van der Waals surface area contributed by atoms with Crippen molar-refractivity contribution in [2.24, 2.45) is 0 Å². The second-order valence-electron chi connectivity index (χ2n) is 6.20. The van der Waals surface area contributed by atoms with Crippen LogP contribution in [0.25, 0.3) is 0 Å². The first-order chi connectivity index (χ1) is 13.7. The van der Waals surface area contributed by atoms with Gasteiger partial charge in [0, 0.05) is 11.1 Å². The van der Waals surface area contributed by atoms with Crippen LogP contribution in [0.5, 0.6) is 0 Å². The smallest absolute Gasteiger partial charge is 0.267 e. The maximum absolute atomic E-state index is 12.3. The molecule has 0 aliphatic rings. The van der Waals surface area contributed by atoms with Crippen molar-refractivity contribution in [3.63, 3.8) is 0 Å². The first-order valence-corrected chi connectivity index (χ1v) is 12.0. The number of carbonyl (C=O) groups excluding carboxylic acids is 2. The number of aryl methyl sites for hydroxylation is 1. The number of amides is 2. The van der Waals surface area contributed by atoms with Gasteiger partial charge in [-0.2, -0.15) is 0 Å². The Kier molecular flexibility index (Phi) is 6.30. The third kappa shape index (κ3) is 6.11. The number of aromatic nitrogens is 1. The summed E-state index contributed by atoms with van der Waals surface area (Å²) in [5.41, 5.74) is 2.13. The second kappa shape index (κ2) is 8.72. The molecule has 29 heavy (non-hydrogen) atoms.